The van der Waals surface area contributed by atoms with E-state index in [1.54, 1.807) is 48.5 Å². The molecule has 1 aliphatic heterocycles. The van der Waals surface area contributed by atoms with E-state index in [1.165, 1.54) is 23.1 Å². The summed E-state index contributed by atoms with van der Waals surface area (Å²) in [5.41, 5.74) is 3.33. The van der Waals surface area contributed by atoms with Crippen LogP contribution in [0.3, 0.4) is 0 Å². The van der Waals surface area contributed by atoms with Crippen molar-refractivity contribution in [1.82, 2.24) is 10.4 Å². The van der Waals surface area contributed by atoms with Crippen molar-refractivity contribution in [2.45, 2.75) is 12.5 Å². The van der Waals surface area contributed by atoms with Crippen molar-refractivity contribution >= 4 is 69.6 Å². The van der Waals surface area contributed by atoms with E-state index in [2.05, 4.69) is 10.7 Å². The van der Waals surface area contributed by atoms with Crippen LogP contribution in [0.25, 0.3) is 0 Å². The van der Waals surface area contributed by atoms with Gasteiger partial charge in [0, 0.05) is 10.6 Å². The zero-order valence-electron chi connectivity index (χ0n) is 17.9. The lowest BCUT2D eigenvalue weighted by molar-refractivity contribution is -0.124. The third-order valence-corrected chi connectivity index (χ3v) is 6.10. The maximum absolute atomic E-state index is 13.6. The average Bonchev–Trinajstić information content (AvgIpc) is 3.05. The van der Waals surface area contributed by atoms with Gasteiger partial charge in [-0.1, -0.05) is 41.4 Å². The highest BCUT2D eigenvalue weighted by Crippen LogP contribution is 2.28. The number of hydrazine groups is 1. The normalized spacial score (nSPS) is 15.3. The van der Waals surface area contributed by atoms with E-state index in [9.17, 15) is 18.8 Å². The molecule has 1 atom stereocenters. The first-order chi connectivity index (χ1) is 16.7. The number of rotatable bonds is 6. The lowest BCUT2D eigenvalue weighted by atomic mass is 10.1. The molecule has 3 aromatic rings. The second-order valence-corrected chi connectivity index (χ2v) is 8.71. The van der Waals surface area contributed by atoms with Crippen LogP contribution in [0.1, 0.15) is 16.8 Å². The molecule has 1 unspecified atom stereocenters. The van der Waals surface area contributed by atoms with E-state index >= 15 is 0 Å². The summed E-state index contributed by atoms with van der Waals surface area (Å²) in [5, 5.41) is 4.51. The monoisotopic (exact) mass is 530 g/mol. The number of para-hydroxylation sites is 1. The topological polar surface area (TPSA) is 81.8 Å². The lowest BCUT2D eigenvalue weighted by Gasteiger charge is -2.24. The van der Waals surface area contributed by atoms with Crippen molar-refractivity contribution in [3.05, 3.63) is 94.2 Å². The Morgan fingerprint density at radius 2 is 1.71 bits per heavy atom. The van der Waals surface area contributed by atoms with Crippen LogP contribution in [0.2, 0.25) is 10.0 Å². The molecule has 0 radical (unpaired) electrons. The summed E-state index contributed by atoms with van der Waals surface area (Å²) in [6, 6.07) is 16.9. The number of anilines is 2. The van der Waals surface area contributed by atoms with E-state index < -0.39 is 29.6 Å². The Balaban J connectivity index is 1.61. The summed E-state index contributed by atoms with van der Waals surface area (Å²) >= 11 is 17.6. The molecule has 4 rings (SSSR count). The van der Waals surface area contributed by atoms with Crippen molar-refractivity contribution < 1.29 is 18.8 Å². The molecule has 1 saturated heterocycles. The Morgan fingerprint density at radius 1 is 1.00 bits per heavy atom. The van der Waals surface area contributed by atoms with Crippen LogP contribution in [-0.2, 0) is 9.59 Å². The molecule has 178 valence electrons. The van der Waals surface area contributed by atoms with Gasteiger partial charge in [0.05, 0.1) is 22.8 Å². The van der Waals surface area contributed by atoms with Crippen LogP contribution in [0.4, 0.5) is 15.8 Å². The molecule has 3 amide bonds. The molecular formula is C24H17Cl2FN4O3S. The molecule has 1 aliphatic rings. The molecule has 35 heavy (non-hydrogen) atoms. The van der Waals surface area contributed by atoms with Crippen LogP contribution in [0.5, 0.6) is 0 Å². The van der Waals surface area contributed by atoms with Gasteiger partial charge < -0.3 is 5.32 Å². The number of carbonyl (C=O) groups excluding carboxylic acids is 3. The largest absolute Gasteiger partial charge is 0.325 e. The fraction of sp³-hybridized carbons (Fsp3) is 0.0833. The number of nitrogens with zero attached hydrogens (tertiary/aromatic N) is 2. The van der Waals surface area contributed by atoms with Gasteiger partial charge in [0.15, 0.2) is 0 Å². The Hall–Kier alpha value is -3.53. The summed E-state index contributed by atoms with van der Waals surface area (Å²) in [7, 11) is 0. The van der Waals surface area contributed by atoms with Crippen LogP contribution < -0.4 is 15.6 Å². The van der Waals surface area contributed by atoms with Gasteiger partial charge in [-0.25, -0.2) is 9.40 Å². The van der Waals surface area contributed by atoms with Crippen molar-refractivity contribution in [1.29, 1.82) is 0 Å². The SMILES string of the molecule is O=C(CC1C(=O)N(c2ccc(Cl)cc2)C(=S)N1NC(=O)c1cccc(F)c1)Nc1ccccc1Cl. The van der Waals surface area contributed by atoms with Crippen molar-refractivity contribution in [3.8, 4) is 0 Å². The first kappa shape index (κ1) is 24.6. The minimum Gasteiger partial charge on any atom is -0.325 e. The van der Waals surface area contributed by atoms with Crippen molar-refractivity contribution in [3.63, 3.8) is 0 Å². The first-order valence-electron chi connectivity index (χ1n) is 10.3. The number of carbonyl (C=O) groups is 3. The van der Waals surface area contributed by atoms with Gasteiger partial charge >= 0.3 is 0 Å². The number of hydrogen-bond acceptors (Lipinski definition) is 4. The summed E-state index contributed by atoms with van der Waals surface area (Å²) < 4.78 is 13.6. The Kier molecular flexibility index (Phi) is 7.30. The molecule has 1 fully saturated rings. The fourth-order valence-electron chi connectivity index (χ4n) is 3.47. The molecular weight excluding hydrogens is 514 g/mol. The predicted octanol–water partition coefficient (Wildman–Crippen LogP) is 4.81. The highest BCUT2D eigenvalue weighted by atomic mass is 35.5. The van der Waals surface area contributed by atoms with Gasteiger partial charge in [0.2, 0.25) is 11.0 Å². The molecule has 7 nitrogen and oxygen atoms in total. The van der Waals surface area contributed by atoms with Crippen molar-refractivity contribution in [2.24, 2.45) is 0 Å². The third-order valence-electron chi connectivity index (χ3n) is 5.13. The zero-order valence-corrected chi connectivity index (χ0v) is 20.2. The highest BCUT2D eigenvalue weighted by Gasteiger charge is 2.45. The number of thiocarbonyl (C=S) groups is 1. The predicted molar refractivity (Wildman–Crippen MR) is 136 cm³/mol. The molecule has 0 aliphatic carbocycles. The maximum atomic E-state index is 13.6. The molecule has 1 heterocycles. The summed E-state index contributed by atoms with van der Waals surface area (Å²) in [6.45, 7) is 0. The minimum absolute atomic E-state index is 0.0180. The minimum atomic E-state index is -1.17. The Bertz CT molecular complexity index is 1320. The molecule has 0 spiro atoms. The fourth-order valence-corrected chi connectivity index (χ4v) is 4.15. The lowest BCUT2D eigenvalue weighted by Crippen LogP contribution is -2.49. The van der Waals surface area contributed by atoms with Gasteiger partial charge in [0.1, 0.15) is 11.9 Å². The van der Waals surface area contributed by atoms with Gasteiger partial charge in [0.25, 0.3) is 11.8 Å². The highest BCUT2D eigenvalue weighted by molar-refractivity contribution is 7.80. The van der Waals surface area contributed by atoms with Gasteiger partial charge in [-0.2, -0.15) is 0 Å². The first-order valence-corrected chi connectivity index (χ1v) is 11.4. The smallest absolute Gasteiger partial charge is 0.269 e. The van der Waals surface area contributed by atoms with Gasteiger partial charge in [-0.3, -0.25) is 24.7 Å². The van der Waals surface area contributed by atoms with E-state index in [0.717, 1.165) is 11.1 Å². The third kappa shape index (κ3) is 5.43. The molecule has 3 aromatic carbocycles. The molecule has 0 aromatic heterocycles. The molecule has 0 saturated carbocycles. The second-order valence-electron chi connectivity index (χ2n) is 7.50. The number of hydrogen-bond donors (Lipinski definition) is 2. The van der Waals surface area contributed by atoms with Crippen LogP contribution in [-0.4, -0.2) is 33.9 Å². The van der Waals surface area contributed by atoms with Gasteiger partial charge in [-0.05, 0) is 66.8 Å². The number of amides is 3. The molecule has 11 heteroatoms. The summed E-state index contributed by atoms with van der Waals surface area (Å²) in [6.07, 6.45) is -0.349. The van der Waals surface area contributed by atoms with E-state index in [-0.39, 0.29) is 17.1 Å². The Labute approximate surface area is 215 Å². The molecule has 2 N–H and O–H groups in total. The Morgan fingerprint density at radius 3 is 2.40 bits per heavy atom. The van der Waals surface area contributed by atoms with Crippen molar-refractivity contribution in [2.75, 3.05) is 10.2 Å². The van der Waals surface area contributed by atoms with Gasteiger partial charge in [-0.15, -0.1) is 0 Å². The second kappa shape index (κ2) is 10.4. The van der Waals surface area contributed by atoms with E-state index in [0.29, 0.717) is 21.4 Å². The van der Waals surface area contributed by atoms with Crippen LogP contribution in [0.15, 0.2) is 72.8 Å². The zero-order chi connectivity index (χ0) is 25.1. The number of benzene rings is 3. The standard InChI is InChI=1S/C24H17Cl2FN4O3S/c25-15-8-10-17(11-9-15)30-23(34)20(13-21(32)28-19-7-2-1-6-18(19)26)31(24(30)35)29-22(33)14-4-3-5-16(27)12-14/h1-12,20H,13H2,(H,28,32)(H,29,33). The van der Waals surface area contributed by atoms with E-state index in [1.807, 2.05) is 0 Å². The number of nitrogens with one attached hydrogen (secondary N) is 2. The van der Waals surface area contributed by atoms with Crippen LogP contribution >= 0.6 is 35.4 Å². The number of halogens is 3. The quantitative estimate of drug-likeness (QED) is 0.447. The molecule has 0 bridgehead atoms. The summed E-state index contributed by atoms with van der Waals surface area (Å²) in [5.74, 6) is -2.36. The average molecular weight is 531 g/mol. The van der Waals surface area contributed by atoms with Crippen LogP contribution in [0, 0.1) is 5.82 Å². The van der Waals surface area contributed by atoms with E-state index in [4.69, 9.17) is 35.4 Å². The maximum Gasteiger partial charge on any atom is 0.269 e. The summed E-state index contributed by atoms with van der Waals surface area (Å²) in [4.78, 5) is 40.2.